The summed E-state index contributed by atoms with van der Waals surface area (Å²) in [5.41, 5.74) is 0.371. The lowest BCUT2D eigenvalue weighted by Gasteiger charge is -2.46. The van der Waals surface area contributed by atoms with Crippen LogP contribution in [-0.2, 0) is 4.74 Å². The van der Waals surface area contributed by atoms with Crippen molar-refractivity contribution in [3.05, 3.63) is 0 Å². The zero-order valence-electron chi connectivity index (χ0n) is 8.31. The Labute approximate surface area is 79.5 Å². The van der Waals surface area contributed by atoms with Crippen molar-refractivity contribution in [3.63, 3.8) is 0 Å². The van der Waals surface area contributed by atoms with Crippen LogP contribution in [0.1, 0.15) is 26.2 Å². The Morgan fingerprint density at radius 1 is 1.38 bits per heavy atom. The van der Waals surface area contributed by atoms with E-state index in [1.54, 1.807) is 0 Å². The van der Waals surface area contributed by atoms with Crippen LogP contribution in [0.5, 0.6) is 0 Å². The minimum Gasteiger partial charge on any atom is -0.394 e. The Bertz CT molecular complexity index is 180. The molecule has 0 aromatic rings. The monoisotopic (exact) mass is 185 g/mol. The zero-order chi connectivity index (χ0) is 9.36. The molecule has 1 heterocycles. The lowest BCUT2D eigenvalue weighted by Crippen LogP contribution is -2.59. The van der Waals surface area contributed by atoms with E-state index in [1.165, 1.54) is 6.42 Å². The number of ether oxygens (including phenoxy) is 1. The molecular weight excluding hydrogens is 166 g/mol. The van der Waals surface area contributed by atoms with Gasteiger partial charge in [0.25, 0.3) is 0 Å². The van der Waals surface area contributed by atoms with E-state index < -0.39 is 0 Å². The second-order valence-corrected chi connectivity index (χ2v) is 4.95. The molecule has 0 aromatic heterocycles. The SMILES string of the molecule is CC1(CNC2(CO)CCC2)COC1. The van der Waals surface area contributed by atoms with Crippen molar-refractivity contribution < 1.29 is 9.84 Å². The second kappa shape index (κ2) is 3.23. The molecule has 0 atom stereocenters. The molecule has 1 saturated carbocycles. The second-order valence-electron chi connectivity index (χ2n) is 4.95. The molecule has 1 aliphatic carbocycles. The number of hydrogen-bond acceptors (Lipinski definition) is 3. The number of nitrogens with one attached hydrogen (secondary N) is 1. The van der Waals surface area contributed by atoms with Gasteiger partial charge in [0.15, 0.2) is 0 Å². The van der Waals surface area contributed by atoms with Gasteiger partial charge in [-0.2, -0.15) is 0 Å². The van der Waals surface area contributed by atoms with E-state index >= 15 is 0 Å². The molecule has 0 unspecified atom stereocenters. The van der Waals surface area contributed by atoms with Crippen LogP contribution < -0.4 is 5.32 Å². The van der Waals surface area contributed by atoms with Gasteiger partial charge in [0.1, 0.15) is 0 Å². The Morgan fingerprint density at radius 2 is 2.08 bits per heavy atom. The molecule has 0 radical (unpaired) electrons. The van der Waals surface area contributed by atoms with Gasteiger partial charge in [-0.05, 0) is 19.3 Å². The topological polar surface area (TPSA) is 41.5 Å². The molecule has 0 bridgehead atoms. The molecular formula is C10H19NO2. The highest BCUT2D eigenvalue weighted by atomic mass is 16.5. The minimum atomic E-state index is 0.0542. The molecule has 2 fully saturated rings. The van der Waals surface area contributed by atoms with Gasteiger partial charge < -0.3 is 15.2 Å². The van der Waals surface area contributed by atoms with Gasteiger partial charge in [0.05, 0.1) is 19.8 Å². The van der Waals surface area contributed by atoms with Crippen molar-refractivity contribution in [2.45, 2.75) is 31.7 Å². The fourth-order valence-corrected chi connectivity index (χ4v) is 1.95. The third kappa shape index (κ3) is 1.73. The van der Waals surface area contributed by atoms with Crippen molar-refractivity contribution in [3.8, 4) is 0 Å². The van der Waals surface area contributed by atoms with E-state index in [2.05, 4.69) is 12.2 Å². The smallest absolute Gasteiger partial charge is 0.0613 e. The predicted molar refractivity (Wildman–Crippen MR) is 50.6 cm³/mol. The molecule has 2 rings (SSSR count). The van der Waals surface area contributed by atoms with Crippen molar-refractivity contribution >= 4 is 0 Å². The molecule has 13 heavy (non-hydrogen) atoms. The first kappa shape index (κ1) is 9.44. The van der Waals surface area contributed by atoms with Crippen LogP contribution >= 0.6 is 0 Å². The Kier molecular flexibility index (Phi) is 2.34. The predicted octanol–water partition coefficient (Wildman–Crippen LogP) is 0.527. The Balaban J connectivity index is 1.77. The normalized spacial score (nSPS) is 29.1. The number of aliphatic hydroxyl groups excluding tert-OH is 1. The molecule has 1 aliphatic heterocycles. The maximum absolute atomic E-state index is 9.23. The maximum atomic E-state index is 9.23. The third-order valence-corrected chi connectivity index (χ3v) is 3.40. The van der Waals surface area contributed by atoms with Crippen molar-refractivity contribution in [2.75, 3.05) is 26.4 Å². The molecule has 3 heteroatoms. The summed E-state index contributed by atoms with van der Waals surface area (Å²) in [5.74, 6) is 0. The lowest BCUT2D eigenvalue weighted by atomic mass is 9.76. The highest BCUT2D eigenvalue weighted by Crippen LogP contribution is 2.33. The summed E-state index contributed by atoms with van der Waals surface area (Å²) in [4.78, 5) is 0. The van der Waals surface area contributed by atoms with Crippen molar-refractivity contribution in [2.24, 2.45) is 5.41 Å². The summed E-state index contributed by atoms with van der Waals surface area (Å²) >= 11 is 0. The van der Waals surface area contributed by atoms with Gasteiger partial charge in [0.2, 0.25) is 0 Å². The summed E-state index contributed by atoms with van der Waals surface area (Å²) in [6, 6.07) is 0. The Hall–Kier alpha value is -0.120. The van der Waals surface area contributed by atoms with E-state index in [9.17, 15) is 5.11 Å². The molecule has 0 aromatic carbocycles. The van der Waals surface area contributed by atoms with Gasteiger partial charge in [-0.1, -0.05) is 6.92 Å². The first-order valence-electron chi connectivity index (χ1n) is 5.12. The molecule has 3 nitrogen and oxygen atoms in total. The van der Waals surface area contributed by atoms with Crippen LogP contribution in [0.2, 0.25) is 0 Å². The van der Waals surface area contributed by atoms with E-state index in [0.29, 0.717) is 5.41 Å². The van der Waals surface area contributed by atoms with Gasteiger partial charge in [0, 0.05) is 17.5 Å². The molecule has 76 valence electrons. The fourth-order valence-electron chi connectivity index (χ4n) is 1.95. The Morgan fingerprint density at radius 3 is 2.38 bits per heavy atom. The molecule has 0 spiro atoms. The summed E-state index contributed by atoms with van der Waals surface area (Å²) in [6.07, 6.45) is 3.50. The largest absolute Gasteiger partial charge is 0.394 e. The quantitative estimate of drug-likeness (QED) is 0.671. The summed E-state index contributed by atoms with van der Waals surface area (Å²) < 4.78 is 5.19. The summed E-state index contributed by atoms with van der Waals surface area (Å²) in [7, 11) is 0. The highest BCUT2D eigenvalue weighted by molar-refractivity contribution is 4.97. The van der Waals surface area contributed by atoms with Crippen molar-refractivity contribution in [1.82, 2.24) is 5.32 Å². The average Bonchev–Trinajstić information content (AvgIpc) is 2.00. The lowest BCUT2D eigenvalue weighted by molar-refractivity contribution is -0.105. The molecule has 2 N–H and O–H groups in total. The molecule has 2 aliphatic rings. The first-order chi connectivity index (χ1) is 6.18. The van der Waals surface area contributed by atoms with Crippen molar-refractivity contribution in [1.29, 1.82) is 0 Å². The molecule has 0 amide bonds. The van der Waals surface area contributed by atoms with Crippen LogP contribution in [0, 0.1) is 5.41 Å². The number of hydrogen-bond donors (Lipinski definition) is 2. The summed E-state index contributed by atoms with van der Waals surface area (Å²) in [6.45, 7) is 5.22. The average molecular weight is 185 g/mol. The first-order valence-corrected chi connectivity index (χ1v) is 5.12. The van der Waals surface area contributed by atoms with Gasteiger partial charge in [-0.15, -0.1) is 0 Å². The van der Waals surface area contributed by atoms with Gasteiger partial charge >= 0.3 is 0 Å². The third-order valence-electron chi connectivity index (χ3n) is 3.40. The maximum Gasteiger partial charge on any atom is 0.0613 e. The van der Waals surface area contributed by atoms with Crippen LogP contribution in [0.4, 0.5) is 0 Å². The highest BCUT2D eigenvalue weighted by Gasteiger charge is 2.40. The van der Waals surface area contributed by atoms with Gasteiger partial charge in [-0.3, -0.25) is 0 Å². The zero-order valence-corrected chi connectivity index (χ0v) is 8.31. The van der Waals surface area contributed by atoms with Crippen LogP contribution in [0.25, 0.3) is 0 Å². The van der Waals surface area contributed by atoms with Crippen LogP contribution in [-0.4, -0.2) is 37.0 Å². The standard InChI is InChI=1S/C10H19NO2/c1-9(7-13-8-9)5-11-10(6-12)3-2-4-10/h11-12H,2-8H2,1H3. The van der Waals surface area contributed by atoms with E-state index in [0.717, 1.165) is 32.6 Å². The van der Waals surface area contributed by atoms with E-state index in [-0.39, 0.29) is 12.1 Å². The number of rotatable bonds is 4. The summed E-state index contributed by atoms with van der Waals surface area (Å²) in [5, 5.41) is 12.7. The van der Waals surface area contributed by atoms with Crippen LogP contribution in [0.15, 0.2) is 0 Å². The van der Waals surface area contributed by atoms with Gasteiger partial charge in [-0.25, -0.2) is 0 Å². The van der Waals surface area contributed by atoms with E-state index in [4.69, 9.17) is 4.74 Å². The van der Waals surface area contributed by atoms with E-state index in [1.807, 2.05) is 0 Å². The van der Waals surface area contributed by atoms with Crippen LogP contribution in [0.3, 0.4) is 0 Å². The number of aliphatic hydroxyl groups is 1. The fraction of sp³-hybridized carbons (Fsp3) is 1.00. The molecule has 1 saturated heterocycles. The minimum absolute atomic E-state index is 0.0542.